The van der Waals surface area contributed by atoms with Gasteiger partial charge in [0.05, 0.1) is 34.1 Å². The van der Waals surface area contributed by atoms with E-state index in [1.165, 1.54) is 12.1 Å². The van der Waals surface area contributed by atoms with Gasteiger partial charge in [0, 0.05) is 48.0 Å². The Hall–Kier alpha value is -3.14. The summed E-state index contributed by atoms with van der Waals surface area (Å²) in [7, 11) is 0. The minimum absolute atomic E-state index is 0.221. The molecule has 0 amide bonds. The number of aryl methyl sites for hydroxylation is 1. The molecule has 1 aliphatic heterocycles. The van der Waals surface area contributed by atoms with Crippen molar-refractivity contribution in [2.75, 3.05) is 18.0 Å². The number of pyridine rings is 1. The Kier molecular flexibility index (Phi) is 5.71. The summed E-state index contributed by atoms with van der Waals surface area (Å²) in [6.45, 7) is 2.53. The van der Waals surface area contributed by atoms with E-state index in [1.54, 1.807) is 19.2 Å². The Morgan fingerprint density at radius 1 is 1.15 bits per heavy atom. The fraction of sp³-hybridized carbons (Fsp3) is 0.250. The Morgan fingerprint density at radius 2 is 1.91 bits per heavy atom. The van der Waals surface area contributed by atoms with Gasteiger partial charge in [0.1, 0.15) is 11.6 Å². The van der Waals surface area contributed by atoms with Crippen molar-refractivity contribution in [3.8, 4) is 22.5 Å². The number of aliphatic hydroxyl groups excluding tert-OH is 1. The zero-order valence-corrected chi connectivity index (χ0v) is 18.9. The molecular formula is C24H21ClF3N5O. The Morgan fingerprint density at radius 3 is 2.65 bits per heavy atom. The van der Waals surface area contributed by atoms with E-state index in [9.17, 15) is 18.3 Å². The van der Waals surface area contributed by atoms with E-state index in [-0.39, 0.29) is 23.1 Å². The van der Waals surface area contributed by atoms with Crippen LogP contribution in [-0.4, -0.2) is 45.3 Å². The van der Waals surface area contributed by atoms with Crippen LogP contribution in [0.25, 0.3) is 33.5 Å². The number of hydrogen-bond acceptors (Lipinski definition) is 5. The van der Waals surface area contributed by atoms with E-state index in [4.69, 9.17) is 17.3 Å². The van der Waals surface area contributed by atoms with Crippen molar-refractivity contribution >= 4 is 28.3 Å². The van der Waals surface area contributed by atoms with Crippen LogP contribution in [0.3, 0.4) is 0 Å². The molecule has 176 valence electrons. The number of benzene rings is 2. The third-order valence-corrected chi connectivity index (χ3v) is 6.34. The SMILES string of the molecule is Cc1ncc(-c2cc(F)cc(Cl)c2)c(N2CC[C@@H](N)[C@@H](O)C2)c1-c1nc2cc(F)c(F)cc2[nH]1. The molecule has 5 rings (SSSR count). The number of aromatic amines is 1. The highest BCUT2D eigenvalue weighted by Gasteiger charge is 2.30. The topological polar surface area (TPSA) is 91.1 Å². The smallest absolute Gasteiger partial charge is 0.161 e. The third kappa shape index (κ3) is 4.00. The predicted molar refractivity (Wildman–Crippen MR) is 125 cm³/mol. The number of β-amino-alcohol motifs (C(OH)–C–C–N with tert-alkyl or cyclic N) is 1. The summed E-state index contributed by atoms with van der Waals surface area (Å²) in [5, 5.41) is 10.7. The lowest BCUT2D eigenvalue weighted by atomic mass is 9.96. The van der Waals surface area contributed by atoms with Crippen LogP contribution >= 0.6 is 11.6 Å². The van der Waals surface area contributed by atoms with Gasteiger partial charge in [-0.05, 0) is 37.1 Å². The molecule has 4 N–H and O–H groups in total. The molecule has 0 spiro atoms. The molecule has 6 nitrogen and oxygen atoms in total. The van der Waals surface area contributed by atoms with Crippen LogP contribution in [0.4, 0.5) is 18.9 Å². The predicted octanol–water partition coefficient (Wildman–Crippen LogP) is 4.57. The van der Waals surface area contributed by atoms with Crippen LogP contribution in [-0.2, 0) is 0 Å². The first-order chi connectivity index (χ1) is 16.2. The number of halogens is 4. The quantitative estimate of drug-likeness (QED) is 0.394. The fourth-order valence-corrected chi connectivity index (χ4v) is 4.62. The maximum atomic E-state index is 14.3. The zero-order chi connectivity index (χ0) is 24.1. The number of imidazole rings is 1. The molecule has 1 fully saturated rings. The summed E-state index contributed by atoms with van der Waals surface area (Å²) >= 11 is 6.13. The first kappa shape index (κ1) is 22.6. The number of rotatable bonds is 3. The molecule has 0 aliphatic carbocycles. The van der Waals surface area contributed by atoms with Crippen molar-refractivity contribution in [1.82, 2.24) is 15.0 Å². The van der Waals surface area contributed by atoms with Crippen LogP contribution in [0.2, 0.25) is 5.02 Å². The molecule has 1 saturated heterocycles. The lowest BCUT2D eigenvalue weighted by Gasteiger charge is -2.37. The molecule has 34 heavy (non-hydrogen) atoms. The van der Waals surface area contributed by atoms with E-state index in [0.29, 0.717) is 52.4 Å². The molecule has 0 bridgehead atoms. The molecule has 0 unspecified atom stereocenters. The maximum absolute atomic E-state index is 14.3. The molecule has 2 atom stereocenters. The van der Waals surface area contributed by atoms with Gasteiger partial charge in [0.25, 0.3) is 0 Å². The first-order valence-electron chi connectivity index (χ1n) is 10.7. The number of nitrogens with two attached hydrogens (primary N) is 1. The van der Waals surface area contributed by atoms with Gasteiger partial charge in [-0.3, -0.25) is 4.98 Å². The van der Waals surface area contributed by atoms with Gasteiger partial charge >= 0.3 is 0 Å². The number of hydrogen-bond donors (Lipinski definition) is 3. The standard InChI is InChI=1S/C24H21ClF3N5O/c1-11-22(24-31-19-7-16(27)17(28)8-20(19)32-24)23(33-3-2-18(29)21(34)10-33)15(9-30-11)12-4-13(25)6-14(26)5-12/h4-9,18,21,34H,2-3,10,29H2,1H3,(H,31,32)/t18-,21+/m1/s1. The van der Waals surface area contributed by atoms with E-state index in [1.807, 2.05) is 4.90 Å². The minimum atomic E-state index is -1.00. The molecule has 10 heteroatoms. The Bertz CT molecular complexity index is 1350. The number of fused-ring (bicyclic) bond motifs is 1. The van der Waals surface area contributed by atoms with Crippen molar-refractivity contribution in [1.29, 1.82) is 0 Å². The lowest BCUT2D eigenvalue weighted by Crippen LogP contribution is -2.51. The van der Waals surface area contributed by atoms with Gasteiger partial charge in [-0.15, -0.1) is 0 Å². The van der Waals surface area contributed by atoms with E-state index < -0.39 is 23.6 Å². The largest absolute Gasteiger partial charge is 0.390 e. The summed E-state index contributed by atoms with van der Waals surface area (Å²) < 4.78 is 41.9. The molecular weight excluding hydrogens is 467 g/mol. The first-order valence-corrected chi connectivity index (χ1v) is 11.1. The van der Waals surface area contributed by atoms with Crippen molar-refractivity contribution in [2.45, 2.75) is 25.5 Å². The summed E-state index contributed by atoms with van der Waals surface area (Å²) in [4.78, 5) is 14.0. The van der Waals surface area contributed by atoms with Crippen LogP contribution in [0.15, 0.2) is 36.5 Å². The molecule has 2 aromatic heterocycles. The molecule has 1 aliphatic rings. The average Bonchev–Trinajstić information content (AvgIpc) is 3.17. The number of piperidine rings is 1. The second-order valence-electron chi connectivity index (χ2n) is 8.47. The van der Waals surface area contributed by atoms with Crippen molar-refractivity contribution in [3.05, 3.63) is 64.7 Å². The van der Waals surface area contributed by atoms with Crippen LogP contribution in [0.5, 0.6) is 0 Å². The lowest BCUT2D eigenvalue weighted by molar-refractivity contribution is 0.132. The number of H-pyrrole nitrogens is 1. The van der Waals surface area contributed by atoms with Gasteiger partial charge < -0.3 is 20.7 Å². The summed E-state index contributed by atoms with van der Waals surface area (Å²) in [5.74, 6) is -2.16. The average molecular weight is 488 g/mol. The van der Waals surface area contributed by atoms with Crippen LogP contribution in [0.1, 0.15) is 12.1 Å². The summed E-state index contributed by atoms with van der Waals surface area (Å²) in [6, 6.07) is 5.88. The number of nitrogens with zero attached hydrogens (tertiary/aromatic N) is 3. The number of aromatic nitrogens is 3. The normalized spacial score (nSPS) is 18.6. The van der Waals surface area contributed by atoms with Crippen LogP contribution < -0.4 is 10.6 Å². The number of nitrogens with one attached hydrogen (secondary N) is 1. The Balaban J connectivity index is 1.77. The number of anilines is 1. The molecule has 4 aromatic rings. The van der Waals surface area contributed by atoms with Crippen molar-refractivity contribution in [3.63, 3.8) is 0 Å². The third-order valence-electron chi connectivity index (χ3n) is 6.13. The number of aliphatic hydroxyl groups is 1. The van der Waals surface area contributed by atoms with Gasteiger partial charge in [0.15, 0.2) is 11.6 Å². The highest BCUT2D eigenvalue weighted by molar-refractivity contribution is 6.30. The monoisotopic (exact) mass is 487 g/mol. The van der Waals surface area contributed by atoms with Crippen molar-refractivity contribution < 1.29 is 18.3 Å². The van der Waals surface area contributed by atoms with Gasteiger partial charge in [-0.25, -0.2) is 18.2 Å². The molecule has 3 heterocycles. The Labute approximate surface area is 198 Å². The van der Waals surface area contributed by atoms with Crippen LogP contribution in [0, 0.1) is 24.4 Å². The van der Waals surface area contributed by atoms with E-state index in [0.717, 1.165) is 12.1 Å². The zero-order valence-electron chi connectivity index (χ0n) is 18.1. The fourth-order valence-electron chi connectivity index (χ4n) is 4.40. The summed E-state index contributed by atoms with van der Waals surface area (Å²) in [6.07, 6.45) is 1.36. The molecule has 0 radical (unpaired) electrons. The highest BCUT2D eigenvalue weighted by atomic mass is 35.5. The van der Waals surface area contributed by atoms with E-state index in [2.05, 4.69) is 15.0 Å². The van der Waals surface area contributed by atoms with Gasteiger partial charge in [-0.2, -0.15) is 0 Å². The van der Waals surface area contributed by atoms with Crippen molar-refractivity contribution in [2.24, 2.45) is 5.73 Å². The van der Waals surface area contributed by atoms with E-state index >= 15 is 0 Å². The highest BCUT2D eigenvalue weighted by Crippen LogP contribution is 2.42. The van der Waals surface area contributed by atoms with Gasteiger partial charge in [0.2, 0.25) is 0 Å². The molecule has 0 saturated carbocycles. The maximum Gasteiger partial charge on any atom is 0.161 e. The van der Waals surface area contributed by atoms with Gasteiger partial charge in [-0.1, -0.05) is 11.6 Å². The second kappa shape index (κ2) is 8.57. The summed E-state index contributed by atoms with van der Waals surface area (Å²) in [5.41, 5.74) is 9.45. The second-order valence-corrected chi connectivity index (χ2v) is 8.91. The minimum Gasteiger partial charge on any atom is -0.390 e. The molecule has 2 aromatic carbocycles.